The van der Waals surface area contributed by atoms with Gasteiger partial charge in [-0.1, -0.05) is 0 Å². The van der Waals surface area contributed by atoms with Gasteiger partial charge in [0.2, 0.25) is 47.3 Å². The van der Waals surface area contributed by atoms with Crippen LogP contribution in [0.5, 0.6) is 0 Å². The molecule has 18 N–H and O–H groups in total. The third-order valence-corrected chi connectivity index (χ3v) is 21.2. The van der Waals surface area contributed by atoms with Crippen LogP contribution in [0, 0.1) is 0 Å². The highest BCUT2D eigenvalue weighted by Gasteiger charge is 2.35. The van der Waals surface area contributed by atoms with Gasteiger partial charge in [0.1, 0.15) is 48.3 Å². The number of hydrogen-bond acceptors (Lipinski definition) is 24. The molecule has 6 aromatic heterocycles. The zero-order valence-electron chi connectivity index (χ0n) is 52.6. The van der Waals surface area contributed by atoms with Crippen molar-refractivity contribution in [3.05, 3.63) is 82.6 Å². The third kappa shape index (κ3) is 24.0. The summed E-state index contributed by atoms with van der Waals surface area (Å²) in [6.07, 6.45) is -6.44. The summed E-state index contributed by atoms with van der Waals surface area (Å²) in [5, 5.41) is 95.0. The zero-order chi connectivity index (χ0) is 75.4. The van der Waals surface area contributed by atoms with Crippen LogP contribution in [-0.4, -0.2) is 209 Å². The molecule has 8 atom stereocenters. The fourth-order valence-electron chi connectivity index (χ4n) is 8.76. The maximum absolute atomic E-state index is 13.2. The summed E-state index contributed by atoms with van der Waals surface area (Å²) in [7, 11) is 0. The van der Waals surface area contributed by atoms with Gasteiger partial charge in [-0.25, -0.2) is 9.59 Å². The topological polar surface area (TPSA) is 589 Å². The Hall–Kier alpha value is -11.3. The number of carbonyl (C=O) groups excluding carboxylic acids is 10. The minimum atomic E-state index is -1.98. The van der Waals surface area contributed by atoms with Crippen LogP contribution < -0.4 is 53.2 Å². The van der Waals surface area contributed by atoms with Crippen molar-refractivity contribution in [3.63, 3.8) is 0 Å². The zero-order valence-corrected chi connectivity index (χ0v) is 57.5. The molecule has 0 radical (unpaired) electrons. The molecule has 6 aromatic rings. The van der Waals surface area contributed by atoms with E-state index in [-0.39, 0.29) is 9.75 Å². The largest absolute Gasteiger partial charge is 0.481 e. The molecule has 6 rings (SSSR count). The predicted molar refractivity (Wildman–Crippen MR) is 361 cm³/mol. The van der Waals surface area contributed by atoms with Gasteiger partial charge in [0.15, 0.2) is 0 Å². The number of hydrogen-bond donors (Lipinski definition) is 18. The van der Waals surface area contributed by atoms with Gasteiger partial charge in [-0.2, -0.15) is 0 Å². The second-order valence-corrected chi connectivity index (χ2v) is 28.1. The first-order valence-electron chi connectivity index (χ1n) is 29.4. The maximum Gasteiger partial charge on any atom is 0.326 e. The van der Waals surface area contributed by atoms with Crippen LogP contribution in [-0.2, 0) is 76.7 Å². The molecule has 0 aliphatic rings. The molecule has 0 aliphatic carbocycles. The summed E-state index contributed by atoms with van der Waals surface area (Å²) in [5.74, 6) is -24.3. The van der Waals surface area contributed by atoms with Crippen molar-refractivity contribution in [2.45, 2.75) is 101 Å². The quantitative estimate of drug-likeness (QED) is 0.0254. The van der Waals surface area contributed by atoms with Crippen LogP contribution in [0.3, 0.4) is 0 Å². The Bertz CT molecular complexity index is 4000. The number of thiophene rings is 6. The number of amides is 10. The number of carboxylic acids is 8. The van der Waals surface area contributed by atoms with Gasteiger partial charge in [0.05, 0.1) is 61.4 Å². The lowest BCUT2D eigenvalue weighted by molar-refractivity contribution is -0.147. The van der Waals surface area contributed by atoms with Crippen LogP contribution in [0.15, 0.2) is 72.8 Å². The lowest BCUT2D eigenvalue weighted by atomic mass is 10.1. The smallest absolute Gasteiger partial charge is 0.326 e. The Morgan fingerprint density at radius 3 is 0.725 bits per heavy atom. The van der Waals surface area contributed by atoms with Crippen LogP contribution >= 0.6 is 68.0 Å². The van der Waals surface area contributed by atoms with Crippen LogP contribution in [0.25, 0.3) is 48.8 Å². The van der Waals surface area contributed by atoms with Gasteiger partial charge in [0, 0.05) is 48.8 Å². The molecule has 542 valence electrons. The van der Waals surface area contributed by atoms with Crippen molar-refractivity contribution in [1.29, 1.82) is 0 Å². The van der Waals surface area contributed by atoms with E-state index in [2.05, 4.69) is 31.9 Å². The van der Waals surface area contributed by atoms with Crippen LogP contribution in [0.2, 0.25) is 0 Å². The standard InChI is InChI=1S/C60H60N10O26S6/c1-23(51(85)69-29(59(93)94)19-49(81)82)63-53(87)27(17-47(77)78)67-55(89)25(15-45(73)74)65-43(71)21-61-57(91)41-13-11-39(101-41)37-9-7-35(99-37)33-5-3-31(97-33)32-4-6-34(98-32)36-8-10-38(100-36)40-12-14-42(102-40)58(92)62-22-44(72)66-26(16-46(75)76)56(90)68-28(18-48(79)80)54(88)64-24(2)52(86)70-30(60(95)96)20-50(83)84/h3-14,23-30H,15-22H2,1-2H3,(H,61,91)(H,62,92)(H,63,87)(H,64,88)(H,65,71)(H,66,72)(H,67,89)(H,68,90)(H,69,85)(H,70,86)(H,73,74)(H,75,76)(H,77,78)(H,79,80)(H,81,82)(H,83,84)(H,93,94)(H,95,96)/t23-,24-,25-,26-,27-,28-,29-,30-/m0/s1. The fraction of sp³-hybridized carbons (Fsp3) is 0.300. The molecule has 0 aromatic carbocycles. The number of carboxylic acid groups (broad SMARTS) is 8. The van der Waals surface area contributed by atoms with Crippen molar-refractivity contribution in [2.24, 2.45) is 0 Å². The maximum atomic E-state index is 13.2. The normalized spacial score (nSPS) is 13.2. The monoisotopic (exact) mass is 1530 g/mol. The van der Waals surface area contributed by atoms with E-state index in [1.54, 1.807) is 34.8 Å². The van der Waals surface area contributed by atoms with E-state index >= 15 is 0 Å². The van der Waals surface area contributed by atoms with E-state index in [0.29, 0.717) is 9.75 Å². The average Bonchev–Trinajstić information content (AvgIpc) is 1.66. The average molecular weight is 1530 g/mol. The molecular formula is C60H60N10O26S6. The molecule has 0 fully saturated rings. The van der Waals surface area contributed by atoms with E-state index in [1.807, 2.05) is 69.8 Å². The van der Waals surface area contributed by atoms with Crippen molar-refractivity contribution in [1.82, 2.24) is 53.2 Å². The molecule has 0 aliphatic heterocycles. The van der Waals surface area contributed by atoms with E-state index in [4.69, 9.17) is 10.2 Å². The first-order chi connectivity index (χ1) is 48.0. The minimum Gasteiger partial charge on any atom is -0.481 e. The highest BCUT2D eigenvalue weighted by molar-refractivity contribution is 7.30. The summed E-state index contributed by atoms with van der Waals surface area (Å²) in [5.41, 5.74) is 0. The third-order valence-electron chi connectivity index (χ3n) is 13.7. The van der Waals surface area contributed by atoms with Crippen LogP contribution in [0.4, 0.5) is 0 Å². The van der Waals surface area contributed by atoms with Gasteiger partial charge in [-0.3, -0.25) is 76.7 Å². The fourth-order valence-corrected chi connectivity index (χ4v) is 15.1. The van der Waals surface area contributed by atoms with Crippen molar-refractivity contribution < 1.29 is 127 Å². The number of aliphatic carboxylic acids is 8. The lowest BCUT2D eigenvalue weighted by Gasteiger charge is -2.23. The van der Waals surface area contributed by atoms with Crippen LogP contribution in [0.1, 0.15) is 71.7 Å². The number of nitrogens with one attached hydrogen (secondary N) is 10. The molecule has 0 unspecified atom stereocenters. The second kappa shape index (κ2) is 36.7. The van der Waals surface area contributed by atoms with Crippen molar-refractivity contribution in [2.75, 3.05) is 13.1 Å². The highest BCUT2D eigenvalue weighted by atomic mass is 32.1. The van der Waals surface area contributed by atoms with E-state index in [9.17, 15) is 117 Å². The Morgan fingerprint density at radius 1 is 0.275 bits per heavy atom. The number of rotatable bonds is 39. The molecule has 0 bridgehead atoms. The first kappa shape index (κ1) is 79.6. The molecule has 10 amide bonds. The van der Waals surface area contributed by atoms with Gasteiger partial charge in [-0.15, -0.1) is 68.0 Å². The van der Waals surface area contributed by atoms with E-state index in [0.717, 1.165) is 75.5 Å². The molecular weight excluding hydrogens is 1470 g/mol. The molecule has 0 spiro atoms. The molecule has 0 saturated carbocycles. The van der Waals surface area contributed by atoms with Gasteiger partial charge < -0.3 is 94.0 Å². The summed E-state index contributed by atoms with van der Waals surface area (Å²) in [6, 6.07) is 7.07. The Balaban J connectivity index is 0.988. The predicted octanol–water partition coefficient (Wildman–Crippen LogP) is 0.786. The minimum absolute atomic E-state index is 0.177. The van der Waals surface area contributed by atoms with Crippen molar-refractivity contribution in [3.8, 4) is 48.8 Å². The highest BCUT2D eigenvalue weighted by Crippen LogP contribution is 2.46. The summed E-state index contributed by atoms with van der Waals surface area (Å²) < 4.78 is 0. The van der Waals surface area contributed by atoms with E-state index in [1.165, 1.54) is 34.8 Å². The van der Waals surface area contributed by atoms with E-state index < -0.39 is 207 Å². The van der Waals surface area contributed by atoms with Crippen molar-refractivity contribution >= 4 is 175 Å². The number of carbonyl (C=O) groups is 18. The first-order valence-corrected chi connectivity index (χ1v) is 34.3. The molecule has 42 heteroatoms. The lowest BCUT2D eigenvalue weighted by Crippen LogP contribution is -2.58. The SMILES string of the molecule is C[C@H](NC(=O)[C@H](CC(=O)O)NC(=O)[C@H](CC(=O)O)NC(=O)CNC(=O)c1ccc(-c2ccc(-c3ccc(-c4ccc(-c5ccc(-c6ccc(C(=O)NCC(=O)N[C@@H](CC(=O)O)C(=O)N[C@@H](CC(=O)O)C(=O)N[C@@H](C)C(=O)N[C@@H](CC(=O)O)C(=O)O)s6)s5)s4)s3)s2)s1)C(=O)N[C@@H](CC(=O)O)C(=O)O. The second-order valence-electron chi connectivity index (χ2n) is 21.6. The Kier molecular flexibility index (Phi) is 28.6. The Labute approximate surface area is 596 Å². The summed E-state index contributed by atoms with van der Waals surface area (Å²) in [4.78, 5) is 231. The summed E-state index contributed by atoms with van der Waals surface area (Å²) >= 11 is 8.19. The Morgan fingerprint density at radius 2 is 0.480 bits per heavy atom. The van der Waals surface area contributed by atoms with Gasteiger partial charge in [-0.05, 0) is 86.6 Å². The molecule has 6 heterocycles. The van der Waals surface area contributed by atoms with Gasteiger partial charge >= 0.3 is 47.8 Å². The molecule has 0 saturated heterocycles. The molecule has 102 heavy (non-hydrogen) atoms. The van der Waals surface area contributed by atoms with Gasteiger partial charge in [0.25, 0.3) is 11.8 Å². The summed E-state index contributed by atoms with van der Waals surface area (Å²) in [6.45, 7) is 0.533. The molecule has 36 nitrogen and oxygen atoms in total.